The Morgan fingerprint density at radius 2 is 1.86 bits per heavy atom. The van der Waals surface area contributed by atoms with Gasteiger partial charge in [0.1, 0.15) is 0 Å². The predicted molar refractivity (Wildman–Crippen MR) is 111 cm³/mol. The first-order valence-electron chi connectivity index (χ1n) is 9.76. The summed E-state index contributed by atoms with van der Waals surface area (Å²) in [5.74, 6) is -2.16. The molecule has 1 heterocycles. The monoisotopic (exact) mass is 400 g/mol. The second-order valence-electron chi connectivity index (χ2n) is 7.49. The lowest BCUT2D eigenvalue weighted by Crippen LogP contribution is -2.45. The van der Waals surface area contributed by atoms with E-state index in [2.05, 4.69) is 36.2 Å². The van der Waals surface area contributed by atoms with Gasteiger partial charge in [0.15, 0.2) is 11.6 Å². The van der Waals surface area contributed by atoms with Crippen LogP contribution in [0.1, 0.15) is 37.9 Å². The van der Waals surface area contributed by atoms with E-state index in [-0.39, 0.29) is 24.2 Å². The highest BCUT2D eigenvalue weighted by Crippen LogP contribution is 2.24. The standard InChI is InChI=1S/C23H26F2N2O2/c1-15-13-27(14-16(2)29-15)20-6-4-5-19(12-20)17(3)26-23(28)10-8-18-7-9-21(24)22(25)11-18/h4-12,15-17H,13-14H2,1-3H3,(H,26,28)/b10-8+/t15-,16+,17-/m0/s1. The highest BCUT2D eigenvalue weighted by atomic mass is 19.2. The predicted octanol–water partition coefficient (Wildman–Crippen LogP) is 4.47. The molecule has 3 atom stereocenters. The maximum atomic E-state index is 13.3. The molecule has 154 valence electrons. The van der Waals surface area contributed by atoms with Crippen LogP contribution in [0, 0.1) is 11.6 Å². The maximum absolute atomic E-state index is 13.3. The van der Waals surface area contributed by atoms with E-state index in [1.807, 2.05) is 19.1 Å². The van der Waals surface area contributed by atoms with Crippen molar-refractivity contribution in [2.24, 2.45) is 0 Å². The van der Waals surface area contributed by atoms with Gasteiger partial charge in [0, 0.05) is 24.9 Å². The molecular formula is C23H26F2N2O2. The van der Waals surface area contributed by atoms with Crippen LogP contribution >= 0.6 is 0 Å². The fourth-order valence-corrected chi connectivity index (χ4v) is 3.51. The Kier molecular flexibility index (Phi) is 6.64. The quantitative estimate of drug-likeness (QED) is 0.753. The van der Waals surface area contributed by atoms with Crippen LogP contribution in [-0.4, -0.2) is 31.2 Å². The van der Waals surface area contributed by atoms with E-state index in [0.717, 1.165) is 36.5 Å². The third kappa shape index (κ3) is 5.64. The van der Waals surface area contributed by atoms with Crippen molar-refractivity contribution in [2.45, 2.75) is 39.0 Å². The normalized spacial score (nSPS) is 20.7. The van der Waals surface area contributed by atoms with Crippen molar-refractivity contribution in [1.29, 1.82) is 0 Å². The van der Waals surface area contributed by atoms with Crippen LogP contribution in [-0.2, 0) is 9.53 Å². The Bertz CT molecular complexity index is 890. The Balaban J connectivity index is 1.64. The summed E-state index contributed by atoms with van der Waals surface area (Å²) in [7, 11) is 0. The number of morpholine rings is 1. The number of ether oxygens (including phenoxy) is 1. The van der Waals surface area contributed by atoms with E-state index in [1.54, 1.807) is 0 Å². The van der Waals surface area contributed by atoms with E-state index in [9.17, 15) is 13.6 Å². The second kappa shape index (κ2) is 9.18. The minimum Gasteiger partial charge on any atom is -0.372 e. The van der Waals surface area contributed by atoms with E-state index in [4.69, 9.17) is 4.74 Å². The van der Waals surface area contributed by atoms with Gasteiger partial charge < -0.3 is 15.0 Å². The van der Waals surface area contributed by atoms with Gasteiger partial charge in [-0.1, -0.05) is 18.2 Å². The Labute approximate surface area is 170 Å². The fraction of sp³-hybridized carbons (Fsp3) is 0.348. The van der Waals surface area contributed by atoms with Gasteiger partial charge in [-0.2, -0.15) is 0 Å². The van der Waals surface area contributed by atoms with Crippen molar-refractivity contribution in [2.75, 3.05) is 18.0 Å². The lowest BCUT2D eigenvalue weighted by atomic mass is 10.1. The average molecular weight is 400 g/mol. The van der Waals surface area contributed by atoms with E-state index in [1.165, 1.54) is 18.2 Å². The number of hydrogen-bond acceptors (Lipinski definition) is 3. The number of anilines is 1. The van der Waals surface area contributed by atoms with Crippen LogP contribution in [0.5, 0.6) is 0 Å². The van der Waals surface area contributed by atoms with Crippen LogP contribution in [0.3, 0.4) is 0 Å². The smallest absolute Gasteiger partial charge is 0.244 e. The summed E-state index contributed by atoms with van der Waals surface area (Å²) >= 11 is 0. The van der Waals surface area contributed by atoms with Crippen molar-refractivity contribution in [3.05, 3.63) is 71.3 Å². The van der Waals surface area contributed by atoms with Gasteiger partial charge in [-0.05, 0) is 62.2 Å². The zero-order chi connectivity index (χ0) is 21.0. The minimum absolute atomic E-state index is 0.168. The summed E-state index contributed by atoms with van der Waals surface area (Å²) in [6, 6.07) is 11.4. The lowest BCUT2D eigenvalue weighted by molar-refractivity contribution is -0.117. The van der Waals surface area contributed by atoms with Crippen molar-refractivity contribution in [3.8, 4) is 0 Å². The topological polar surface area (TPSA) is 41.6 Å². The van der Waals surface area contributed by atoms with Crippen LogP contribution < -0.4 is 10.2 Å². The Morgan fingerprint density at radius 3 is 2.55 bits per heavy atom. The largest absolute Gasteiger partial charge is 0.372 e. The number of benzene rings is 2. The second-order valence-corrected chi connectivity index (χ2v) is 7.49. The van der Waals surface area contributed by atoms with Gasteiger partial charge in [0.2, 0.25) is 5.91 Å². The molecule has 1 fully saturated rings. The SMILES string of the molecule is C[C@@H]1CN(c2cccc([C@H](C)NC(=O)/C=C/c3ccc(F)c(F)c3)c2)C[C@H](C)O1. The molecule has 0 aromatic heterocycles. The Hall–Kier alpha value is -2.73. The molecule has 2 aromatic rings. The van der Waals surface area contributed by atoms with Crippen LogP contribution in [0.2, 0.25) is 0 Å². The molecule has 0 aliphatic carbocycles. The fourth-order valence-electron chi connectivity index (χ4n) is 3.51. The minimum atomic E-state index is -0.940. The number of carbonyl (C=O) groups is 1. The number of halogens is 2. The zero-order valence-corrected chi connectivity index (χ0v) is 16.9. The maximum Gasteiger partial charge on any atom is 0.244 e. The summed E-state index contributed by atoms with van der Waals surface area (Å²) < 4.78 is 32.0. The zero-order valence-electron chi connectivity index (χ0n) is 16.9. The van der Waals surface area contributed by atoms with E-state index >= 15 is 0 Å². The summed E-state index contributed by atoms with van der Waals surface area (Å²) in [5, 5.41) is 2.90. The first-order valence-corrected chi connectivity index (χ1v) is 9.76. The van der Waals surface area contributed by atoms with Gasteiger partial charge in [-0.15, -0.1) is 0 Å². The van der Waals surface area contributed by atoms with E-state index < -0.39 is 11.6 Å². The van der Waals surface area contributed by atoms with Crippen molar-refractivity contribution < 1.29 is 18.3 Å². The molecule has 0 bridgehead atoms. The van der Waals surface area contributed by atoms with Gasteiger partial charge in [0.25, 0.3) is 0 Å². The first-order chi connectivity index (χ1) is 13.8. The summed E-state index contributed by atoms with van der Waals surface area (Å²) in [6.07, 6.45) is 3.11. The third-order valence-electron chi connectivity index (χ3n) is 4.88. The van der Waals surface area contributed by atoms with Crippen LogP contribution in [0.4, 0.5) is 14.5 Å². The van der Waals surface area contributed by atoms with Crippen LogP contribution in [0.25, 0.3) is 6.08 Å². The molecule has 1 aliphatic heterocycles. The molecule has 1 amide bonds. The lowest BCUT2D eigenvalue weighted by Gasteiger charge is -2.37. The number of nitrogens with one attached hydrogen (secondary N) is 1. The number of amides is 1. The van der Waals surface area contributed by atoms with Crippen molar-refractivity contribution in [3.63, 3.8) is 0 Å². The third-order valence-corrected chi connectivity index (χ3v) is 4.88. The molecule has 6 heteroatoms. The van der Waals surface area contributed by atoms with Gasteiger partial charge in [0.05, 0.1) is 18.2 Å². The van der Waals surface area contributed by atoms with Crippen molar-refractivity contribution in [1.82, 2.24) is 5.32 Å². The molecule has 1 saturated heterocycles. The van der Waals surface area contributed by atoms with Gasteiger partial charge >= 0.3 is 0 Å². The molecule has 0 unspecified atom stereocenters. The molecule has 4 nitrogen and oxygen atoms in total. The highest BCUT2D eigenvalue weighted by molar-refractivity contribution is 5.92. The molecule has 1 aliphatic rings. The molecule has 0 radical (unpaired) electrons. The average Bonchev–Trinajstić information content (AvgIpc) is 2.68. The molecule has 2 aromatic carbocycles. The van der Waals surface area contributed by atoms with E-state index in [0.29, 0.717) is 5.56 Å². The number of rotatable bonds is 5. The molecule has 3 rings (SSSR count). The summed E-state index contributed by atoms with van der Waals surface area (Å²) in [4.78, 5) is 14.5. The van der Waals surface area contributed by atoms with Gasteiger partial charge in [-0.3, -0.25) is 4.79 Å². The molecule has 0 spiro atoms. The number of hydrogen-bond donors (Lipinski definition) is 1. The highest BCUT2D eigenvalue weighted by Gasteiger charge is 2.22. The first kappa shape index (κ1) is 21.0. The van der Waals surface area contributed by atoms with Gasteiger partial charge in [-0.25, -0.2) is 8.78 Å². The molecule has 29 heavy (non-hydrogen) atoms. The Morgan fingerprint density at radius 1 is 1.14 bits per heavy atom. The number of carbonyl (C=O) groups excluding carboxylic acids is 1. The molecular weight excluding hydrogens is 374 g/mol. The number of nitrogens with zero attached hydrogens (tertiary/aromatic N) is 1. The van der Waals surface area contributed by atoms with Crippen LogP contribution in [0.15, 0.2) is 48.5 Å². The molecule has 0 saturated carbocycles. The summed E-state index contributed by atoms with van der Waals surface area (Å²) in [5.41, 5.74) is 2.51. The van der Waals surface area contributed by atoms with Crippen molar-refractivity contribution >= 4 is 17.7 Å². The summed E-state index contributed by atoms with van der Waals surface area (Å²) in [6.45, 7) is 7.69. The molecule has 1 N–H and O–H groups in total.